The zero-order chi connectivity index (χ0) is 19.7. The van der Waals surface area contributed by atoms with Crippen LogP contribution in [0, 0.1) is 0 Å². The fourth-order valence-electron chi connectivity index (χ4n) is 2.58. The van der Waals surface area contributed by atoms with Gasteiger partial charge in [-0.1, -0.05) is 70.4 Å². The molecule has 148 valence electrons. The Morgan fingerprint density at radius 1 is 0.852 bits per heavy atom. The Hall–Kier alpha value is -2.43. The summed E-state index contributed by atoms with van der Waals surface area (Å²) in [6.45, 7) is 2.56. The SMILES string of the molecule is CCCCCCCCCCCOC(=O)/C=C/C(=O)Oc1ccccc1C=O. The zero-order valence-electron chi connectivity index (χ0n) is 16.2. The Morgan fingerprint density at radius 2 is 1.44 bits per heavy atom. The number of para-hydroxylation sites is 1. The molecule has 1 aromatic carbocycles. The second-order valence-corrected chi connectivity index (χ2v) is 6.41. The lowest BCUT2D eigenvalue weighted by Crippen LogP contribution is -2.08. The summed E-state index contributed by atoms with van der Waals surface area (Å²) in [7, 11) is 0. The number of hydrogen-bond acceptors (Lipinski definition) is 5. The van der Waals surface area contributed by atoms with Gasteiger partial charge in [0.2, 0.25) is 0 Å². The van der Waals surface area contributed by atoms with Crippen molar-refractivity contribution in [3.63, 3.8) is 0 Å². The molecule has 0 N–H and O–H groups in total. The minimum absolute atomic E-state index is 0.158. The molecule has 0 bridgehead atoms. The Morgan fingerprint density at radius 3 is 2.11 bits per heavy atom. The molecule has 0 radical (unpaired) electrons. The predicted molar refractivity (Wildman–Crippen MR) is 105 cm³/mol. The molecule has 0 unspecified atom stereocenters. The van der Waals surface area contributed by atoms with Crippen LogP contribution in [0.2, 0.25) is 0 Å². The highest BCUT2D eigenvalue weighted by Gasteiger charge is 2.06. The molecular weight excluding hydrogens is 344 g/mol. The van der Waals surface area contributed by atoms with E-state index < -0.39 is 11.9 Å². The third-order valence-corrected chi connectivity index (χ3v) is 4.10. The standard InChI is InChI=1S/C22H30O5/c1-2-3-4-5-6-7-8-9-12-17-26-21(24)15-16-22(25)27-20-14-11-10-13-19(20)18-23/h10-11,13-16,18H,2-9,12,17H2,1H3/b16-15+. The minimum Gasteiger partial charge on any atom is -0.463 e. The summed E-state index contributed by atoms with van der Waals surface area (Å²) in [4.78, 5) is 34.1. The summed E-state index contributed by atoms with van der Waals surface area (Å²) in [5.74, 6) is -1.15. The predicted octanol–water partition coefficient (Wildman–Crippen LogP) is 5.03. The lowest BCUT2D eigenvalue weighted by Gasteiger charge is -2.04. The van der Waals surface area contributed by atoms with E-state index in [1.807, 2.05) is 0 Å². The quantitative estimate of drug-likeness (QED) is 0.150. The molecule has 0 atom stereocenters. The Bertz CT molecular complexity index is 606. The van der Waals surface area contributed by atoms with E-state index in [0.29, 0.717) is 12.9 Å². The molecule has 1 rings (SSSR count). The third kappa shape index (κ3) is 11.0. The van der Waals surface area contributed by atoms with Gasteiger partial charge in [-0.15, -0.1) is 0 Å². The first-order valence-corrected chi connectivity index (χ1v) is 9.78. The number of rotatable bonds is 14. The van der Waals surface area contributed by atoms with Crippen LogP contribution in [0.15, 0.2) is 36.4 Å². The van der Waals surface area contributed by atoms with Crippen LogP contribution in [0.25, 0.3) is 0 Å². The number of hydrogen-bond donors (Lipinski definition) is 0. The first-order valence-electron chi connectivity index (χ1n) is 9.78. The van der Waals surface area contributed by atoms with E-state index in [2.05, 4.69) is 6.92 Å². The first kappa shape index (κ1) is 22.6. The van der Waals surface area contributed by atoms with Gasteiger partial charge < -0.3 is 9.47 Å². The van der Waals surface area contributed by atoms with Gasteiger partial charge in [0.25, 0.3) is 0 Å². The highest BCUT2D eigenvalue weighted by Crippen LogP contribution is 2.15. The Labute approximate surface area is 161 Å². The molecule has 1 aromatic rings. The topological polar surface area (TPSA) is 69.7 Å². The Balaban J connectivity index is 2.12. The van der Waals surface area contributed by atoms with E-state index in [1.165, 1.54) is 44.6 Å². The van der Waals surface area contributed by atoms with Crippen LogP contribution < -0.4 is 4.74 Å². The van der Waals surface area contributed by atoms with E-state index in [4.69, 9.17) is 9.47 Å². The van der Waals surface area contributed by atoms with Gasteiger partial charge >= 0.3 is 11.9 Å². The molecule has 0 aromatic heterocycles. The highest BCUT2D eigenvalue weighted by atomic mass is 16.5. The van der Waals surface area contributed by atoms with Gasteiger partial charge in [0.15, 0.2) is 6.29 Å². The van der Waals surface area contributed by atoms with Crippen molar-refractivity contribution in [2.24, 2.45) is 0 Å². The summed E-state index contributed by atoms with van der Waals surface area (Å²) in [5, 5.41) is 0. The van der Waals surface area contributed by atoms with Crippen LogP contribution >= 0.6 is 0 Å². The largest absolute Gasteiger partial charge is 0.463 e. The van der Waals surface area contributed by atoms with E-state index in [1.54, 1.807) is 18.2 Å². The Kier molecular flexibility index (Phi) is 12.3. The van der Waals surface area contributed by atoms with E-state index in [-0.39, 0.29) is 11.3 Å². The van der Waals surface area contributed by atoms with Crippen molar-refractivity contribution in [1.82, 2.24) is 0 Å². The number of esters is 2. The molecule has 5 nitrogen and oxygen atoms in total. The second-order valence-electron chi connectivity index (χ2n) is 6.41. The third-order valence-electron chi connectivity index (χ3n) is 4.10. The fourth-order valence-corrected chi connectivity index (χ4v) is 2.58. The molecule has 0 heterocycles. The average Bonchev–Trinajstić information content (AvgIpc) is 2.68. The molecule has 0 fully saturated rings. The first-order chi connectivity index (χ1) is 13.2. The monoisotopic (exact) mass is 374 g/mol. The molecule has 5 heteroatoms. The molecule has 0 aliphatic heterocycles. The van der Waals surface area contributed by atoms with Crippen molar-refractivity contribution < 1.29 is 23.9 Å². The lowest BCUT2D eigenvalue weighted by molar-refractivity contribution is -0.138. The van der Waals surface area contributed by atoms with E-state index in [0.717, 1.165) is 31.4 Å². The molecule has 0 spiro atoms. The molecule has 0 amide bonds. The van der Waals surface area contributed by atoms with Crippen LogP contribution in [0.3, 0.4) is 0 Å². The van der Waals surface area contributed by atoms with Gasteiger partial charge in [-0.05, 0) is 18.6 Å². The summed E-state index contributed by atoms with van der Waals surface area (Å²) < 4.78 is 10.1. The molecule has 0 saturated carbocycles. The van der Waals surface area contributed by atoms with Crippen molar-refractivity contribution in [3.8, 4) is 5.75 Å². The van der Waals surface area contributed by atoms with Crippen LogP contribution in [-0.4, -0.2) is 24.8 Å². The zero-order valence-corrected chi connectivity index (χ0v) is 16.2. The number of carbonyl (C=O) groups excluding carboxylic acids is 3. The maximum absolute atomic E-state index is 11.7. The normalized spacial score (nSPS) is 10.7. The van der Waals surface area contributed by atoms with Gasteiger partial charge in [-0.3, -0.25) is 4.79 Å². The summed E-state index contributed by atoms with van der Waals surface area (Å²) in [6, 6.07) is 6.37. The van der Waals surface area contributed by atoms with Crippen molar-refractivity contribution in [2.75, 3.05) is 6.61 Å². The van der Waals surface area contributed by atoms with Gasteiger partial charge in [0.1, 0.15) is 5.75 Å². The van der Waals surface area contributed by atoms with Crippen molar-refractivity contribution in [2.45, 2.75) is 64.7 Å². The van der Waals surface area contributed by atoms with Crippen LogP contribution in [0.1, 0.15) is 75.1 Å². The number of ether oxygens (including phenoxy) is 2. The molecular formula is C22H30O5. The molecule has 0 saturated heterocycles. The van der Waals surface area contributed by atoms with Gasteiger partial charge in [-0.2, -0.15) is 0 Å². The van der Waals surface area contributed by atoms with Gasteiger partial charge in [0.05, 0.1) is 12.2 Å². The van der Waals surface area contributed by atoms with Crippen molar-refractivity contribution >= 4 is 18.2 Å². The van der Waals surface area contributed by atoms with Crippen LogP contribution in [-0.2, 0) is 14.3 Å². The molecule has 0 aliphatic carbocycles. The maximum atomic E-state index is 11.7. The van der Waals surface area contributed by atoms with Crippen LogP contribution in [0.4, 0.5) is 0 Å². The summed E-state index contributed by atoms with van der Waals surface area (Å²) in [6.07, 6.45) is 13.4. The van der Waals surface area contributed by atoms with E-state index >= 15 is 0 Å². The highest BCUT2D eigenvalue weighted by molar-refractivity contribution is 5.93. The van der Waals surface area contributed by atoms with Gasteiger partial charge in [-0.25, -0.2) is 9.59 Å². The van der Waals surface area contributed by atoms with Gasteiger partial charge in [0, 0.05) is 12.2 Å². The summed E-state index contributed by atoms with van der Waals surface area (Å²) >= 11 is 0. The number of aldehydes is 1. The minimum atomic E-state index is -0.732. The summed E-state index contributed by atoms with van der Waals surface area (Å²) in [5.41, 5.74) is 0.271. The molecule has 0 aliphatic rings. The molecule has 27 heavy (non-hydrogen) atoms. The van der Waals surface area contributed by atoms with E-state index in [9.17, 15) is 14.4 Å². The second kappa shape index (κ2) is 14.7. The number of carbonyl (C=O) groups is 3. The van der Waals surface area contributed by atoms with Crippen LogP contribution in [0.5, 0.6) is 5.75 Å². The van der Waals surface area contributed by atoms with Crippen molar-refractivity contribution in [1.29, 1.82) is 0 Å². The average molecular weight is 374 g/mol. The lowest BCUT2D eigenvalue weighted by atomic mass is 10.1. The van der Waals surface area contributed by atoms with Crippen molar-refractivity contribution in [3.05, 3.63) is 42.0 Å². The number of benzene rings is 1. The smallest absolute Gasteiger partial charge is 0.336 e. The maximum Gasteiger partial charge on any atom is 0.336 e. The number of unbranched alkanes of at least 4 members (excludes halogenated alkanes) is 8. The fraction of sp³-hybridized carbons (Fsp3) is 0.500.